The molecule has 0 saturated carbocycles. The van der Waals surface area contributed by atoms with Crippen LogP contribution in [-0.2, 0) is 11.4 Å². The molecule has 0 aliphatic carbocycles. The molecule has 0 radical (unpaired) electrons. The topological polar surface area (TPSA) is 43.8 Å². The summed E-state index contributed by atoms with van der Waals surface area (Å²) in [7, 11) is 1.84. The van der Waals surface area contributed by atoms with Crippen LogP contribution < -0.4 is 4.90 Å². The van der Waals surface area contributed by atoms with Gasteiger partial charge in [0.15, 0.2) is 0 Å². The Hall–Kier alpha value is -1.55. The highest BCUT2D eigenvalue weighted by Gasteiger charge is 2.41. The van der Waals surface area contributed by atoms with E-state index < -0.39 is 5.54 Å². The fourth-order valence-electron chi connectivity index (χ4n) is 2.74. The maximum atomic E-state index is 12.3. The van der Waals surface area contributed by atoms with Gasteiger partial charge in [0.1, 0.15) is 5.54 Å². The fourth-order valence-corrected chi connectivity index (χ4v) is 2.74. The molecule has 1 aromatic rings. The van der Waals surface area contributed by atoms with Crippen molar-refractivity contribution in [2.45, 2.75) is 32.9 Å². The van der Waals surface area contributed by atoms with Crippen LogP contribution in [0.25, 0.3) is 0 Å². The van der Waals surface area contributed by atoms with Crippen molar-refractivity contribution in [1.82, 2.24) is 4.90 Å². The lowest BCUT2D eigenvalue weighted by Crippen LogP contribution is -2.62. The molecule has 1 aliphatic heterocycles. The van der Waals surface area contributed by atoms with E-state index in [9.17, 15) is 9.90 Å². The predicted octanol–water partition coefficient (Wildman–Crippen LogP) is 1.54. The summed E-state index contributed by atoms with van der Waals surface area (Å²) in [6.45, 7) is 7.36. The predicted molar refractivity (Wildman–Crippen MR) is 76.2 cm³/mol. The highest BCUT2D eigenvalue weighted by atomic mass is 16.3. The smallest absolute Gasteiger partial charge is 0.247 e. The molecule has 0 bridgehead atoms. The number of hydrogen-bond donors (Lipinski definition) is 1. The van der Waals surface area contributed by atoms with Gasteiger partial charge >= 0.3 is 0 Å². The van der Waals surface area contributed by atoms with Crippen LogP contribution in [-0.4, -0.2) is 41.6 Å². The molecule has 1 heterocycles. The molecule has 1 fully saturated rings. The van der Waals surface area contributed by atoms with Gasteiger partial charge < -0.3 is 14.9 Å². The second-order valence-electron chi connectivity index (χ2n) is 5.73. The average Bonchev–Trinajstić information content (AvgIpc) is 2.37. The molecule has 1 aliphatic rings. The molecule has 104 valence electrons. The molecular formula is C15H22N2O2. The standard InChI is InChI=1S/C15H22N2O2/c1-11-5-6-13(12(9-11)10-18)17-8-7-16(4)14(19)15(17,2)3/h5-6,9,18H,7-8,10H2,1-4H3. The zero-order valence-corrected chi connectivity index (χ0v) is 12.1. The van der Waals surface area contributed by atoms with Gasteiger partial charge in [0.2, 0.25) is 5.91 Å². The number of aryl methyl sites for hydroxylation is 1. The van der Waals surface area contributed by atoms with E-state index in [-0.39, 0.29) is 12.5 Å². The molecular weight excluding hydrogens is 240 g/mol. The van der Waals surface area contributed by atoms with Gasteiger partial charge in [0.05, 0.1) is 6.61 Å². The molecule has 1 N–H and O–H groups in total. The van der Waals surface area contributed by atoms with E-state index >= 15 is 0 Å². The minimum atomic E-state index is -0.577. The number of amides is 1. The molecule has 19 heavy (non-hydrogen) atoms. The Labute approximate surface area is 114 Å². The molecule has 0 aromatic heterocycles. The lowest BCUT2D eigenvalue weighted by Gasteiger charge is -2.46. The van der Waals surface area contributed by atoms with E-state index in [4.69, 9.17) is 0 Å². The molecule has 0 unspecified atom stereocenters. The number of nitrogens with zero attached hydrogens (tertiary/aromatic N) is 2. The first-order valence-corrected chi connectivity index (χ1v) is 6.61. The number of aliphatic hydroxyl groups is 1. The second kappa shape index (κ2) is 4.85. The first-order valence-electron chi connectivity index (χ1n) is 6.61. The van der Waals surface area contributed by atoms with Crippen molar-refractivity contribution in [1.29, 1.82) is 0 Å². The van der Waals surface area contributed by atoms with Crippen LogP contribution >= 0.6 is 0 Å². The summed E-state index contributed by atoms with van der Waals surface area (Å²) >= 11 is 0. The van der Waals surface area contributed by atoms with Crippen LogP contribution in [0.3, 0.4) is 0 Å². The molecule has 4 heteroatoms. The van der Waals surface area contributed by atoms with Crippen molar-refractivity contribution >= 4 is 11.6 Å². The van der Waals surface area contributed by atoms with Gasteiger partial charge in [0, 0.05) is 31.4 Å². The number of benzene rings is 1. The van der Waals surface area contributed by atoms with E-state index in [0.29, 0.717) is 6.54 Å². The largest absolute Gasteiger partial charge is 0.392 e. The van der Waals surface area contributed by atoms with Crippen LogP contribution in [0.1, 0.15) is 25.0 Å². The second-order valence-corrected chi connectivity index (χ2v) is 5.73. The Balaban J connectivity index is 2.44. The quantitative estimate of drug-likeness (QED) is 0.879. The molecule has 2 rings (SSSR count). The summed E-state index contributed by atoms with van der Waals surface area (Å²) in [5.74, 6) is 0.114. The highest BCUT2D eigenvalue weighted by molar-refractivity contribution is 5.90. The van der Waals surface area contributed by atoms with Crippen LogP contribution in [0.4, 0.5) is 5.69 Å². The number of anilines is 1. The lowest BCUT2D eigenvalue weighted by atomic mass is 9.95. The first kappa shape index (κ1) is 13.9. The average molecular weight is 262 g/mol. The first-order chi connectivity index (χ1) is 8.87. The molecule has 1 saturated heterocycles. The number of aliphatic hydroxyl groups excluding tert-OH is 1. The van der Waals surface area contributed by atoms with E-state index in [0.717, 1.165) is 23.4 Å². The minimum Gasteiger partial charge on any atom is -0.392 e. The maximum Gasteiger partial charge on any atom is 0.247 e. The highest BCUT2D eigenvalue weighted by Crippen LogP contribution is 2.31. The van der Waals surface area contributed by atoms with Crippen molar-refractivity contribution in [2.75, 3.05) is 25.0 Å². The SMILES string of the molecule is Cc1ccc(N2CCN(C)C(=O)C2(C)C)c(CO)c1. The summed E-state index contributed by atoms with van der Waals surface area (Å²) in [6, 6.07) is 6.00. The van der Waals surface area contributed by atoms with Crippen LogP contribution in [0.2, 0.25) is 0 Å². The van der Waals surface area contributed by atoms with Crippen molar-refractivity contribution < 1.29 is 9.90 Å². The van der Waals surface area contributed by atoms with Gasteiger partial charge in [-0.2, -0.15) is 0 Å². The van der Waals surface area contributed by atoms with Gasteiger partial charge in [-0.1, -0.05) is 17.7 Å². The zero-order chi connectivity index (χ0) is 14.2. The van der Waals surface area contributed by atoms with E-state index in [1.165, 1.54) is 0 Å². The Morgan fingerprint density at radius 2 is 2.00 bits per heavy atom. The molecule has 0 atom stereocenters. The number of rotatable bonds is 2. The molecule has 4 nitrogen and oxygen atoms in total. The summed E-state index contributed by atoms with van der Waals surface area (Å²) in [4.78, 5) is 16.2. The van der Waals surface area contributed by atoms with Crippen LogP contribution in [0, 0.1) is 6.92 Å². The van der Waals surface area contributed by atoms with Gasteiger partial charge in [-0.15, -0.1) is 0 Å². The molecule has 0 spiro atoms. The Bertz CT molecular complexity index is 497. The number of carbonyl (C=O) groups excluding carboxylic acids is 1. The van der Waals surface area contributed by atoms with Gasteiger partial charge in [-0.05, 0) is 26.8 Å². The number of carbonyl (C=O) groups is 1. The van der Waals surface area contributed by atoms with Gasteiger partial charge in [-0.3, -0.25) is 4.79 Å². The Morgan fingerprint density at radius 3 is 2.63 bits per heavy atom. The zero-order valence-electron chi connectivity index (χ0n) is 12.1. The van der Waals surface area contributed by atoms with Crippen LogP contribution in [0.5, 0.6) is 0 Å². The van der Waals surface area contributed by atoms with Crippen molar-refractivity contribution in [3.05, 3.63) is 29.3 Å². The monoisotopic (exact) mass is 262 g/mol. The number of likely N-dealkylation sites (N-methyl/N-ethyl adjacent to an activating group) is 1. The minimum absolute atomic E-state index is 0.00633. The number of piperazine rings is 1. The molecule has 1 amide bonds. The lowest BCUT2D eigenvalue weighted by molar-refractivity contribution is -0.136. The van der Waals surface area contributed by atoms with Crippen LogP contribution in [0.15, 0.2) is 18.2 Å². The third-order valence-corrected chi connectivity index (χ3v) is 3.90. The summed E-state index contributed by atoms with van der Waals surface area (Å²) < 4.78 is 0. The van der Waals surface area contributed by atoms with E-state index in [1.54, 1.807) is 4.90 Å². The number of hydrogen-bond acceptors (Lipinski definition) is 3. The third kappa shape index (κ3) is 2.32. The normalized spacial score (nSPS) is 18.9. The maximum absolute atomic E-state index is 12.3. The van der Waals surface area contributed by atoms with Crippen molar-refractivity contribution in [3.8, 4) is 0 Å². The van der Waals surface area contributed by atoms with Crippen molar-refractivity contribution in [3.63, 3.8) is 0 Å². The summed E-state index contributed by atoms with van der Waals surface area (Å²) in [5.41, 5.74) is 2.38. The van der Waals surface area contributed by atoms with Crippen molar-refractivity contribution in [2.24, 2.45) is 0 Å². The Kier molecular flexibility index (Phi) is 3.54. The summed E-state index contributed by atoms with van der Waals surface area (Å²) in [5, 5.41) is 9.54. The molecule has 1 aromatic carbocycles. The van der Waals surface area contributed by atoms with E-state index in [2.05, 4.69) is 4.90 Å². The Morgan fingerprint density at radius 1 is 1.32 bits per heavy atom. The fraction of sp³-hybridized carbons (Fsp3) is 0.533. The summed E-state index contributed by atoms with van der Waals surface area (Å²) in [6.07, 6.45) is 0. The van der Waals surface area contributed by atoms with Gasteiger partial charge in [-0.25, -0.2) is 0 Å². The third-order valence-electron chi connectivity index (χ3n) is 3.90. The van der Waals surface area contributed by atoms with E-state index in [1.807, 2.05) is 46.0 Å². The van der Waals surface area contributed by atoms with Gasteiger partial charge in [0.25, 0.3) is 0 Å².